The molecule has 0 fully saturated rings. The van der Waals surface area contributed by atoms with Crippen LogP contribution in [0.4, 0.5) is 21.8 Å². The van der Waals surface area contributed by atoms with Crippen LogP contribution in [0.25, 0.3) is 22.2 Å². The third-order valence-corrected chi connectivity index (χ3v) is 6.71. The molecule has 35 heavy (non-hydrogen) atoms. The molecule has 0 bridgehead atoms. The third kappa shape index (κ3) is 4.75. The van der Waals surface area contributed by atoms with Crippen LogP contribution < -0.4 is 20.1 Å². The monoisotopic (exact) mass is 517 g/mol. The van der Waals surface area contributed by atoms with Crippen molar-refractivity contribution < 1.29 is 17.5 Å². The molecule has 0 saturated carbocycles. The zero-order valence-corrected chi connectivity index (χ0v) is 20.7. The fraction of sp³-hybridized carbons (Fsp3) is 0.182. The van der Waals surface area contributed by atoms with Crippen LogP contribution in [0.3, 0.4) is 0 Å². The topological polar surface area (TPSA) is 131 Å². The van der Waals surface area contributed by atoms with Crippen LogP contribution >= 0.6 is 11.6 Å². The lowest BCUT2D eigenvalue weighted by Gasteiger charge is -2.16. The molecule has 1 aromatic carbocycles. The molecule has 0 amide bonds. The number of pyridine rings is 2. The first-order chi connectivity index (χ1) is 16.7. The standard InChI is InChI=1S/C22H21ClFN7O3S/c1-11-5-16(24)17(31-35(32,33)18-7-13(23)10-27-21(18)34-4)8-14(11)15-6-12-9-28-22(26-3)30-19(12)29-20(15)25-2/h5-10,31H,1-4H3,(H2,25,26,28,29,30). The molecule has 0 spiro atoms. The van der Waals surface area contributed by atoms with Gasteiger partial charge in [0.15, 0.2) is 10.5 Å². The van der Waals surface area contributed by atoms with Gasteiger partial charge in [-0.1, -0.05) is 11.6 Å². The summed E-state index contributed by atoms with van der Waals surface area (Å²) in [5.74, 6) is -0.0415. The minimum absolute atomic E-state index is 0.0841. The van der Waals surface area contributed by atoms with Gasteiger partial charge in [-0.2, -0.15) is 4.98 Å². The summed E-state index contributed by atoms with van der Waals surface area (Å²) in [5.41, 5.74) is 1.92. The normalized spacial score (nSPS) is 11.4. The number of hydrogen-bond acceptors (Lipinski definition) is 9. The Balaban J connectivity index is 1.83. The van der Waals surface area contributed by atoms with E-state index in [1.165, 1.54) is 31.5 Å². The van der Waals surface area contributed by atoms with Crippen molar-refractivity contribution in [1.82, 2.24) is 19.9 Å². The van der Waals surface area contributed by atoms with E-state index in [9.17, 15) is 12.8 Å². The van der Waals surface area contributed by atoms with Gasteiger partial charge >= 0.3 is 0 Å². The van der Waals surface area contributed by atoms with Crippen LogP contribution in [-0.4, -0.2) is 49.6 Å². The Kier molecular flexibility index (Phi) is 6.59. The molecule has 0 aliphatic carbocycles. The van der Waals surface area contributed by atoms with Gasteiger partial charge in [-0.3, -0.25) is 4.72 Å². The van der Waals surface area contributed by atoms with Crippen molar-refractivity contribution in [2.45, 2.75) is 11.8 Å². The maximum atomic E-state index is 14.9. The second kappa shape index (κ2) is 9.47. The van der Waals surface area contributed by atoms with Gasteiger partial charge in [0.05, 0.1) is 17.8 Å². The highest BCUT2D eigenvalue weighted by Crippen LogP contribution is 2.36. The van der Waals surface area contributed by atoms with Gasteiger partial charge in [0, 0.05) is 37.4 Å². The smallest absolute Gasteiger partial charge is 0.267 e. The number of halogens is 2. The number of aromatic nitrogens is 4. The molecular formula is C22H21ClFN7O3S. The lowest BCUT2D eigenvalue weighted by atomic mass is 9.99. The van der Waals surface area contributed by atoms with E-state index in [0.29, 0.717) is 39.5 Å². The zero-order chi connectivity index (χ0) is 25.3. The second-order valence-electron chi connectivity index (χ2n) is 7.40. The summed E-state index contributed by atoms with van der Waals surface area (Å²) in [6.45, 7) is 1.71. The maximum Gasteiger partial charge on any atom is 0.267 e. The summed E-state index contributed by atoms with van der Waals surface area (Å²) >= 11 is 5.93. The molecule has 0 saturated heterocycles. The van der Waals surface area contributed by atoms with Gasteiger partial charge in [-0.05, 0) is 42.3 Å². The number of methoxy groups -OCH3 is 1. The van der Waals surface area contributed by atoms with Crippen molar-refractivity contribution in [2.75, 3.05) is 36.6 Å². The summed E-state index contributed by atoms with van der Waals surface area (Å²) < 4.78 is 48.4. The molecule has 4 aromatic rings. The highest BCUT2D eigenvalue weighted by atomic mass is 35.5. The molecule has 3 aromatic heterocycles. The van der Waals surface area contributed by atoms with E-state index in [-0.39, 0.29) is 21.5 Å². The Morgan fingerprint density at radius 2 is 1.77 bits per heavy atom. The van der Waals surface area contributed by atoms with Crippen molar-refractivity contribution in [2.24, 2.45) is 0 Å². The maximum absolute atomic E-state index is 14.9. The molecular weight excluding hydrogens is 497 g/mol. The minimum Gasteiger partial charge on any atom is -0.480 e. The number of rotatable bonds is 7. The predicted molar refractivity (Wildman–Crippen MR) is 133 cm³/mol. The third-order valence-electron chi connectivity index (χ3n) is 5.15. The van der Waals surface area contributed by atoms with Crippen molar-refractivity contribution in [3.8, 4) is 17.0 Å². The summed E-state index contributed by atoms with van der Waals surface area (Å²) in [6, 6.07) is 5.62. The Bertz CT molecular complexity index is 1550. The fourth-order valence-electron chi connectivity index (χ4n) is 3.47. The molecule has 13 heteroatoms. The molecule has 10 nitrogen and oxygen atoms in total. The second-order valence-corrected chi connectivity index (χ2v) is 9.49. The highest BCUT2D eigenvalue weighted by molar-refractivity contribution is 7.92. The molecule has 3 N–H and O–H groups in total. The van der Waals surface area contributed by atoms with Crippen LogP contribution in [0.2, 0.25) is 5.02 Å². The number of ether oxygens (including phenoxy) is 1. The van der Waals surface area contributed by atoms with Crippen molar-refractivity contribution in [3.63, 3.8) is 0 Å². The minimum atomic E-state index is -4.29. The van der Waals surface area contributed by atoms with E-state index in [1.54, 1.807) is 33.3 Å². The van der Waals surface area contributed by atoms with Crippen molar-refractivity contribution in [3.05, 3.63) is 53.1 Å². The van der Waals surface area contributed by atoms with Gasteiger partial charge in [-0.15, -0.1) is 0 Å². The fourth-order valence-corrected chi connectivity index (χ4v) is 4.90. The van der Waals surface area contributed by atoms with Crippen molar-refractivity contribution >= 4 is 50.1 Å². The van der Waals surface area contributed by atoms with Crippen LogP contribution in [0.15, 0.2) is 41.6 Å². The number of hydrogen-bond donors (Lipinski definition) is 3. The van der Waals surface area contributed by atoms with Gasteiger partial charge < -0.3 is 15.4 Å². The lowest BCUT2D eigenvalue weighted by molar-refractivity contribution is 0.385. The van der Waals surface area contributed by atoms with E-state index >= 15 is 0 Å². The molecule has 0 aliphatic rings. The Labute approximate surface area is 206 Å². The molecule has 3 heterocycles. The zero-order valence-electron chi connectivity index (χ0n) is 19.1. The number of fused-ring (bicyclic) bond motifs is 1. The molecule has 4 rings (SSSR count). The number of aryl methyl sites for hydroxylation is 1. The first kappa shape index (κ1) is 24.4. The molecule has 0 radical (unpaired) electrons. The first-order valence-electron chi connectivity index (χ1n) is 10.2. The summed E-state index contributed by atoms with van der Waals surface area (Å²) in [5, 5.41) is 6.61. The van der Waals surface area contributed by atoms with Crippen LogP contribution in [0, 0.1) is 12.7 Å². The van der Waals surface area contributed by atoms with Gasteiger partial charge in [0.1, 0.15) is 11.6 Å². The van der Waals surface area contributed by atoms with Crippen LogP contribution in [0.1, 0.15) is 5.56 Å². The summed E-state index contributed by atoms with van der Waals surface area (Å²) in [4.78, 5) is 16.7. The number of benzene rings is 1. The van der Waals surface area contributed by atoms with Crippen LogP contribution in [0.5, 0.6) is 5.88 Å². The van der Waals surface area contributed by atoms with Gasteiger partial charge in [-0.25, -0.2) is 27.8 Å². The van der Waals surface area contributed by atoms with E-state index in [4.69, 9.17) is 16.3 Å². The number of nitrogens with zero attached hydrogens (tertiary/aromatic N) is 4. The SMILES string of the molecule is CNc1ncc2cc(-c3cc(NS(=O)(=O)c4cc(Cl)cnc4OC)c(F)cc3C)c(NC)nc2n1. The van der Waals surface area contributed by atoms with E-state index < -0.39 is 15.8 Å². The lowest BCUT2D eigenvalue weighted by Crippen LogP contribution is -2.16. The highest BCUT2D eigenvalue weighted by Gasteiger charge is 2.24. The van der Waals surface area contributed by atoms with Gasteiger partial charge in [0.2, 0.25) is 11.8 Å². The summed E-state index contributed by atoms with van der Waals surface area (Å²) in [6.07, 6.45) is 2.87. The number of anilines is 3. The number of nitrogens with one attached hydrogen (secondary N) is 3. The largest absolute Gasteiger partial charge is 0.480 e. The Morgan fingerprint density at radius 3 is 2.46 bits per heavy atom. The molecule has 0 aliphatic heterocycles. The van der Waals surface area contributed by atoms with Gasteiger partial charge in [0.25, 0.3) is 10.0 Å². The average molecular weight is 518 g/mol. The van der Waals surface area contributed by atoms with Crippen LogP contribution in [-0.2, 0) is 10.0 Å². The first-order valence-corrected chi connectivity index (χ1v) is 12.1. The molecule has 182 valence electrons. The van der Waals surface area contributed by atoms with E-state index in [2.05, 4.69) is 35.3 Å². The Hall–Kier alpha value is -3.77. The average Bonchev–Trinajstić information content (AvgIpc) is 2.84. The van der Waals surface area contributed by atoms with E-state index in [0.717, 1.165) is 0 Å². The van der Waals surface area contributed by atoms with E-state index in [1.807, 2.05) is 0 Å². The van der Waals surface area contributed by atoms with Crippen molar-refractivity contribution in [1.29, 1.82) is 0 Å². The molecule has 0 unspecified atom stereocenters. The Morgan fingerprint density at radius 1 is 1.00 bits per heavy atom. The predicted octanol–water partition coefficient (Wildman–Crippen LogP) is 4.08. The number of sulfonamides is 1. The quantitative estimate of drug-likeness (QED) is 0.332. The molecule has 0 atom stereocenters. The summed E-state index contributed by atoms with van der Waals surface area (Å²) in [7, 11) is 0.377.